The Kier molecular flexibility index (Phi) is 16.4. The Bertz CT molecular complexity index is 593. The van der Waals surface area contributed by atoms with E-state index in [0.29, 0.717) is 12.1 Å². The smallest absolute Gasteiger partial charge is 0.251 e. The molecule has 0 atom stereocenters. The summed E-state index contributed by atoms with van der Waals surface area (Å²) in [4.78, 5) is 12.3. The van der Waals surface area contributed by atoms with Gasteiger partial charge in [0.1, 0.15) is 0 Å². The zero-order valence-electron chi connectivity index (χ0n) is 20.8. The Labute approximate surface area is 196 Å². The minimum atomic E-state index is -0.178. The third kappa shape index (κ3) is 12.2. The standard InChI is InChI=1S/C27H47NO4/c1-4-5-6-7-8-9-10-11-12-13-14-15-16-17-18-19-20-28-27(30)23-21-24(31-2)26(29)25(22-23)32-3/h21-22,29H,4-20H2,1-3H3,(H,28,30). The number of aromatic hydroxyl groups is 1. The highest BCUT2D eigenvalue weighted by Crippen LogP contribution is 2.37. The molecule has 5 heteroatoms. The Balaban J connectivity index is 1.97. The fourth-order valence-corrected chi connectivity index (χ4v) is 4.00. The number of benzene rings is 1. The molecule has 32 heavy (non-hydrogen) atoms. The van der Waals surface area contributed by atoms with Crippen molar-refractivity contribution in [2.45, 2.75) is 110 Å². The molecule has 1 rings (SSSR count). The van der Waals surface area contributed by atoms with Crippen molar-refractivity contribution in [3.05, 3.63) is 17.7 Å². The van der Waals surface area contributed by atoms with Crippen molar-refractivity contribution >= 4 is 5.91 Å². The van der Waals surface area contributed by atoms with Crippen LogP contribution in [-0.4, -0.2) is 31.8 Å². The maximum absolute atomic E-state index is 12.3. The number of unbranched alkanes of at least 4 members (excludes halogenated alkanes) is 15. The topological polar surface area (TPSA) is 67.8 Å². The average molecular weight is 450 g/mol. The Morgan fingerprint density at radius 3 is 1.47 bits per heavy atom. The molecular weight excluding hydrogens is 402 g/mol. The van der Waals surface area contributed by atoms with Gasteiger partial charge in [-0.25, -0.2) is 0 Å². The molecule has 0 radical (unpaired) electrons. The van der Waals surface area contributed by atoms with Gasteiger partial charge in [-0.1, -0.05) is 103 Å². The summed E-state index contributed by atoms with van der Waals surface area (Å²) in [6.07, 6.45) is 21.4. The summed E-state index contributed by atoms with van der Waals surface area (Å²) < 4.78 is 10.2. The number of phenolic OH excluding ortho intramolecular Hbond substituents is 1. The lowest BCUT2D eigenvalue weighted by Crippen LogP contribution is -2.24. The van der Waals surface area contributed by atoms with Crippen molar-refractivity contribution in [3.8, 4) is 17.2 Å². The van der Waals surface area contributed by atoms with Gasteiger partial charge in [-0.05, 0) is 18.6 Å². The molecule has 0 heterocycles. The minimum Gasteiger partial charge on any atom is -0.502 e. The first-order valence-electron chi connectivity index (χ1n) is 12.9. The van der Waals surface area contributed by atoms with Crippen LogP contribution in [0.1, 0.15) is 120 Å². The zero-order chi connectivity index (χ0) is 23.4. The second kappa shape index (κ2) is 18.6. The highest BCUT2D eigenvalue weighted by molar-refractivity contribution is 5.95. The monoisotopic (exact) mass is 449 g/mol. The van der Waals surface area contributed by atoms with Crippen molar-refractivity contribution in [2.75, 3.05) is 20.8 Å². The normalized spacial score (nSPS) is 10.8. The molecule has 0 unspecified atom stereocenters. The third-order valence-corrected chi connectivity index (χ3v) is 6.06. The molecule has 0 bridgehead atoms. The number of nitrogens with one attached hydrogen (secondary N) is 1. The Hall–Kier alpha value is -1.91. The number of carbonyl (C=O) groups is 1. The van der Waals surface area contributed by atoms with Gasteiger partial charge < -0.3 is 19.9 Å². The van der Waals surface area contributed by atoms with Crippen LogP contribution in [0.2, 0.25) is 0 Å². The van der Waals surface area contributed by atoms with Crippen LogP contribution in [0.5, 0.6) is 17.2 Å². The Morgan fingerprint density at radius 1 is 0.719 bits per heavy atom. The summed E-state index contributed by atoms with van der Waals surface area (Å²) in [7, 11) is 2.90. The van der Waals surface area contributed by atoms with Crippen LogP contribution in [0.25, 0.3) is 0 Å². The van der Waals surface area contributed by atoms with E-state index < -0.39 is 0 Å². The Morgan fingerprint density at radius 2 is 1.09 bits per heavy atom. The minimum absolute atomic E-state index is 0.0932. The second-order valence-electron chi connectivity index (χ2n) is 8.79. The van der Waals surface area contributed by atoms with Crippen molar-refractivity contribution < 1.29 is 19.4 Å². The van der Waals surface area contributed by atoms with Crippen LogP contribution >= 0.6 is 0 Å². The predicted octanol–water partition coefficient (Wildman–Crippen LogP) is 7.40. The van der Waals surface area contributed by atoms with Gasteiger partial charge in [0, 0.05) is 12.1 Å². The first kappa shape index (κ1) is 28.1. The van der Waals surface area contributed by atoms with E-state index in [1.165, 1.54) is 116 Å². The van der Waals surface area contributed by atoms with Crippen LogP contribution in [-0.2, 0) is 0 Å². The highest BCUT2D eigenvalue weighted by Gasteiger charge is 2.15. The van der Waals surface area contributed by atoms with E-state index in [9.17, 15) is 9.90 Å². The van der Waals surface area contributed by atoms with Crippen molar-refractivity contribution in [1.29, 1.82) is 0 Å². The quantitative estimate of drug-likeness (QED) is 0.203. The van der Waals surface area contributed by atoms with Gasteiger partial charge in [-0.3, -0.25) is 4.79 Å². The second-order valence-corrected chi connectivity index (χ2v) is 8.79. The molecule has 0 fully saturated rings. The van der Waals surface area contributed by atoms with Crippen LogP contribution in [0.4, 0.5) is 0 Å². The molecule has 2 N–H and O–H groups in total. The lowest BCUT2D eigenvalue weighted by Gasteiger charge is -2.11. The number of rotatable bonds is 20. The summed E-state index contributed by atoms with van der Waals surface area (Å²) in [5.74, 6) is 0.195. The summed E-state index contributed by atoms with van der Waals surface area (Å²) in [5, 5.41) is 12.9. The van der Waals surface area contributed by atoms with E-state index in [-0.39, 0.29) is 23.2 Å². The van der Waals surface area contributed by atoms with Gasteiger partial charge in [-0.2, -0.15) is 0 Å². The van der Waals surface area contributed by atoms with E-state index in [0.717, 1.165) is 12.8 Å². The molecule has 1 aromatic carbocycles. The fourth-order valence-electron chi connectivity index (χ4n) is 4.00. The lowest BCUT2D eigenvalue weighted by molar-refractivity contribution is 0.0952. The van der Waals surface area contributed by atoms with Gasteiger partial charge in [0.2, 0.25) is 5.75 Å². The molecule has 1 aromatic rings. The summed E-state index contributed by atoms with van der Waals surface area (Å²) >= 11 is 0. The largest absolute Gasteiger partial charge is 0.502 e. The van der Waals surface area contributed by atoms with E-state index in [1.54, 1.807) is 0 Å². The molecule has 0 aliphatic rings. The highest BCUT2D eigenvalue weighted by atomic mass is 16.5. The summed E-state index contributed by atoms with van der Waals surface area (Å²) in [6, 6.07) is 3.06. The summed E-state index contributed by atoms with van der Waals surface area (Å²) in [6.45, 7) is 2.93. The number of carbonyl (C=O) groups excluding carboxylic acids is 1. The van der Waals surface area contributed by atoms with Crippen molar-refractivity contribution in [2.24, 2.45) is 0 Å². The number of hydrogen-bond donors (Lipinski definition) is 2. The summed E-state index contributed by atoms with van der Waals surface area (Å²) in [5.41, 5.74) is 0.424. The number of amides is 1. The lowest BCUT2D eigenvalue weighted by atomic mass is 10.0. The molecule has 1 amide bonds. The van der Waals surface area contributed by atoms with Crippen LogP contribution in [0, 0.1) is 0 Å². The molecular formula is C27H47NO4. The maximum Gasteiger partial charge on any atom is 0.251 e. The molecule has 0 aliphatic carbocycles. The number of ether oxygens (including phenoxy) is 2. The molecule has 0 aliphatic heterocycles. The zero-order valence-corrected chi connectivity index (χ0v) is 20.8. The number of hydrogen-bond acceptors (Lipinski definition) is 4. The van der Waals surface area contributed by atoms with Gasteiger partial charge in [0.05, 0.1) is 14.2 Å². The fraction of sp³-hybridized carbons (Fsp3) is 0.741. The van der Waals surface area contributed by atoms with E-state index in [1.807, 2.05) is 0 Å². The third-order valence-electron chi connectivity index (χ3n) is 6.06. The van der Waals surface area contributed by atoms with Crippen molar-refractivity contribution in [1.82, 2.24) is 5.32 Å². The average Bonchev–Trinajstić information content (AvgIpc) is 2.81. The molecule has 184 valence electrons. The maximum atomic E-state index is 12.3. The van der Waals surface area contributed by atoms with E-state index in [2.05, 4.69) is 12.2 Å². The molecule has 5 nitrogen and oxygen atoms in total. The van der Waals surface area contributed by atoms with Gasteiger partial charge in [-0.15, -0.1) is 0 Å². The van der Waals surface area contributed by atoms with Crippen LogP contribution in [0.15, 0.2) is 12.1 Å². The first-order valence-corrected chi connectivity index (χ1v) is 12.9. The SMILES string of the molecule is CCCCCCCCCCCCCCCCCCNC(=O)c1cc(OC)c(O)c(OC)c1. The van der Waals surface area contributed by atoms with Gasteiger partial charge in [0.15, 0.2) is 11.5 Å². The molecule has 0 saturated carbocycles. The van der Waals surface area contributed by atoms with Crippen molar-refractivity contribution in [3.63, 3.8) is 0 Å². The van der Waals surface area contributed by atoms with E-state index >= 15 is 0 Å². The predicted molar refractivity (Wildman–Crippen MR) is 133 cm³/mol. The molecule has 0 saturated heterocycles. The molecule has 0 spiro atoms. The first-order chi connectivity index (χ1) is 15.6. The number of methoxy groups -OCH3 is 2. The van der Waals surface area contributed by atoms with Gasteiger partial charge in [0.25, 0.3) is 5.91 Å². The van der Waals surface area contributed by atoms with Crippen LogP contribution in [0.3, 0.4) is 0 Å². The van der Waals surface area contributed by atoms with Gasteiger partial charge >= 0.3 is 0 Å². The molecule has 0 aromatic heterocycles. The van der Waals surface area contributed by atoms with E-state index in [4.69, 9.17) is 9.47 Å². The van der Waals surface area contributed by atoms with Crippen LogP contribution < -0.4 is 14.8 Å². The number of phenols is 1.